The van der Waals surface area contributed by atoms with E-state index in [2.05, 4.69) is 24.1 Å². The van der Waals surface area contributed by atoms with Gasteiger partial charge in [-0.1, -0.05) is 25.4 Å². The van der Waals surface area contributed by atoms with Crippen LogP contribution in [-0.4, -0.2) is 17.4 Å². The molecule has 2 rings (SSSR count). The van der Waals surface area contributed by atoms with E-state index in [1.165, 1.54) is 25.1 Å². The van der Waals surface area contributed by atoms with Crippen LogP contribution in [0.3, 0.4) is 0 Å². The average Bonchev–Trinajstić information content (AvgIpc) is 3.10. The van der Waals surface area contributed by atoms with E-state index in [9.17, 15) is 4.79 Å². The third-order valence-corrected chi connectivity index (χ3v) is 4.07. The molecule has 1 heterocycles. The van der Waals surface area contributed by atoms with Crippen molar-refractivity contribution in [3.8, 4) is 0 Å². The van der Waals surface area contributed by atoms with Gasteiger partial charge in [0.1, 0.15) is 5.15 Å². The smallest absolute Gasteiger partial charge is 0.253 e. The second-order valence-corrected chi connectivity index (χ2v) is 5.68. The van der Waals surface area contributed by atoms with Crippen molar-refractivity contribution in [2.24, 2.45) is 11.3 Å². The van der Waals surface area contributed by atoms with E-state index in [1.54, 1.807) is 0 Å². The van der Waals surface area contributed by atoms with Gasteiger partial charge in [-0.05, 0) is 30.2 Å². The number of pyridine rings is 1. The first kappa shape index (κ1) is 13.1. The lowest BCUT2D eigenvalue weighted by atomic mass is 9.92. The number of nitrogens with one attached hydrogen (secondary N) is 1. The minimum Gasteiger partial charge on any atom is -0.397 e. The van der Waals surface area contributed by atoms with Crippen molar-refractivity contribution >= 4 is 23.2 Å². The largest absolute Gasteiger partial charge is 0.397 e. The molecule has 0 atom stereocenters. The second-order valence-electron chi connectivity index (χ2n) is 5.29. The van der Waals surface area contributed by atoms with E-state index < -0.39 is 0 Å². The highest BCUT2D eigenvalue weighted by Crippen LogP contribution is 2.51. The molecule has 1 aliphatic carbocycles. The molecule has 0 unspecified atom stereocenters. The zero-order valence-electron chi connectivity index (χ0n) is 10.7. The van der Waals surface area contributed by atoms with Gasteiger partial charge in [0.2, 0.25) is 0 Å². The van der Waals surface area contributed by atoms with Crippen LogP contribution in [-0.2, 0) is 0 Å². The Balaban J connectivity index is 2.02. The van der Waals surface area contributed by atoms with Crippen LogP contribution in [0.5, 0.6) is 0 Å². The van der Waals surface area contributed by atoms with Gasteiger partial charge in [-0.25, -0.2) is 4.98 Å². The number of amides is 1. The minimum absolute atomic E-state index is 0.177. The monoisotopic (exact) mass is 267 g/mol. The SMILES string of the molecule is CC(C)C1(CNC(=O)c2cc(Cl)ncc2N)CC1. The zero-order valence-corrected chi connectivity index (χ0v) is 11.4. The summed E-state index contributed by atoms with van der Waals surface area (Å²) in [6.07, 6.45) is 3.77. The van der Waals surface area contributed by atoms with Gasteiger partial charge in [0.05, 0.1) is 17.4 Å². The summed E-state index contributed by atoms with van der Waals surface area (Å²) >= 11 is 5.77. The first-order valence-corrected chi connectivity index (χ1v) is 6.52. The highest BCUT2D eigenvalue weighted by Gasteiger charge is 2.45. The molecular weight excluding hydrogens is 250 g/mol. The number of rotatable bonds is 4. The van der Waals surface area contributed by atoms with Crippen LogP contribution >= 0.6 is 11.6 Å². The van der Waals surface area contributed by atoms with Gasteiger partial charge in [-0.3, -0.25) is 4.79 Å². The Hall–Kier alpha value is -1.29. The van der Waals surface area contributed by atoms with Gasteiger partial charge in [0.25, 0.3) is 5.91 Å². The lowest BCUT2D eigenvalue weighted by Crippen LogP contribution is -2.33. The maximum atomic E-state index is 12.0. The van der Waals surface area contributed by atoms with Crippen LogP contribution in [0.2, 0.25) is 5.15 Å². The van der Waals surface area contributed by atoms with Gasteiger partial charge < -0.3 is 11.1 Å². The number of carbonyl (C=O) groups is 1. The fraction of sp³-hybridized carbons (Fsp3) is 0.538. The van der Waals surface area contributed by atoms with Gasteiger partial charge in [-0.2, -0.15) is 0 Å². The summed E-state index contributed by atoms with van der Waals surface area (Å²) in [5.74, 6) is 0.403. The van der Waals surface area contributed by atoms with Crippen molar-refractivity contribution in [1.82, 2.24) is 10.3 Å². The Labute approximate surface area is 112 Å². The summed E-state index contributed by atoms with van der Waals surface area (Å²) in [7, 11) is 0. The number of carbonyl (C=O) groups excluding carboxylic acids is 1. The Morgan fingerprint density at radius 1 is 1.61 bits per heavy atom. The number of hydrogen-bond donors (Lipinski definition) is 2. The number of hydrogen-bond acceptors (Lipinski definition) is 3. The molecule has 3 N–H and O–H groups in total. The molecule has 0 aromatic carbocycles. The fourth-order valence-electron chi connectivity index (χ4n) is 2.11. The Kier molecular flexibility index (Phi) is 3.48. The van der Waals surface area contributed by atoms with Gasteiger partial charge in [0.15, 0.2) is 0 Å². The molecule has 0 spiro atoms. The maximum Gasteiger partial charge on any atom is 0.253 e. The average molecular weight is 268 g/mol. The van der Waals surface area contributed by atoms with Crippen LogP contribution in [0.4, 0.5) is 5.69 Å². The van der Waals surface area contributed by atoms with Crippen LogP contribution in [0.1, 0.15) is 37.0 Å². The normalized spacial score (nSPS) is 16.7. The highest BCUT2D eigenvalue weighted by atomic mass is 35.5. The van der Waals surface area contributed by atoms with Gasteiger partial charge >= 0.3 is 0 Å². The van der Waals surface area contributed by atoms with E-state index in [-0.39, 0.29) is 16.5 Å². The molecule has 0 saturated heterocycles. The van der Waals surface area contributed by atoms with E-state index in [0.29, 0.717) is 23.7 Å². The second kappa shape index (κ2) is 4.76. The highest BCUT2D eigenvalue weighted by molar-refractivity contribution is 6.29. The molecule has 1 aromatic rings. The standard InChI is InChI=1S/C13H18ClN3O/c1-8(2)13(3-4-13)7-17-12(18)9-5-11(14)16-6-10(9)15/h5-6,8H,3-4,7,15H2,1-2H3,(H,17,18). The summed E-state index contributed by atoms with van der Waals surface area (Å²) in [6, 6.07) is 1.50. The number of anilines is 1. The molecule has 1 aromatic heterocycles. The lowest BCUT2D eigenvalue weighted by Gasteiger charge is -2.20. The maximum absolute atomic E-state index is 12.0. The summed E-state index contributed by atoms with van der Waals surface area (Å²) in [5, 5.41) is 3.22. The summed E-state index contributed by atoms with van der Waals surface area (Å²) in [6.45, 7) is 5.08. The zero-order chi connectivity index (χ0) is 13.3. The summed E-state index contributed by atoms with van der Waals surface area (Å²) < 4.78 is 0. The molecule has 4 nitrogen and oxygen atoms in total. The molecule has 0 aliphatic heterocycles. The van der Waals surface area contributed by atoms with Crippen molar-refractivity contribution in [1.29, 1.82) is 0 Å². The topological polar surface area (TPSA) is 68.0 Å². The number of nitrogens with two attached hydrogens (primary N) is 1. The Bertz CT molecular complexity index is 469. The van der Waals surface area contributed by atoms with Crippen LogP contribution < -0.4 is 11.1 Å². The number of nitrogens with zero attached hydrogens (tertiary/aromatic N) is 1. The predicted octanol–water partition coefficient (Wildman–Crippen LogP) is 2.48. The molecular formula is C13H18ClN3O. The van der Waals surface area contributed by atoms with Crippen LogP contribution in [0.15, 0.2) is 12.3 Å². The molecule has 18 heavy (non-hydrogen) atoms. The van der Waals surface area contributed by atoms with Crippen LogP contribution in [0, 0.1) is 11.3 Å². The van der Waals surface area contributed by atoms with E-state index in [4.69, 9.17) is 17.3 Å². The number of aromatic nitrogens is 1. The molecule has 0 radical (unpaired) electrons. The van der Waals surface area contributed by atoms with Crippen molar-refractivity contribution < 1.29 is 4.79 Å². The van der Waals surface area contributed by atoms with E-state index >= 15 is 0 Å². The third-order valence-electron chi connectivity index (χ3n) is 3.86. The lowest BCUT2D eigenvalue weighted by molar-refractivity contribution is 0.0940. The van der Waals surface area contributed by atoms with Crippen LogP contribution in [0.25, 0.3) is 0 Å². The summed E-state index contributed by atoms with van der Waals surface area (Å²) in [5.41, 5.74) is 6.75. The Morgan fingerprint density at radius 3 is 2.83 bits per heavy atom. The van der Waals surface area contributed by atoms with Gasteiger partial charge in [-0.15, -0.1) is 0 Å². The molecule has 1 saturated carbocycles. The number of nitrogen functional groups attached to an aromatic ring is 1. The minimum atomic E-state index is -0.177. The fourth-order valence-corrected chi connectivity index (χ4v) is 2.27. The molecule has 98 valence electrons. The first-order valence-electron chi connectivity index (χ1n) is 6.14. The Morgan fingerprint density at radius 2 is 2.28 bits per heavy atom. The van der Waals surface area contributed by atoms with Crippen molar-refractivity contribution in [2.75, 3.05) is 12.3 Å². The van der Waals surface area contributed by atoms with Crippen molar-refractivity contribution in [3.05, 3.63) is 23.0 Å². The molecule has 5 heteroatoms. The quantitative estimate of drug-likeness (QED) is 0.824. The first-order chi connectivity index (χ1) is 8.44. The van der Waals surface area contributed by atoms with Crippen molar-refractivity contribution in [2.45, 2.75) is 26.7 Å². The predicted molar refractivity (Wildman–Crippen MR) is 72.5 cm³/mol. The van der Waals surface area contributed by atoms with E-state index in [0.717, 1.165) is 0 Å². The third kappa shape index (κ3) is 2.58. The molecule has 1 fully saturated rings. The van der Waals surface area contributed by atoms with E-state index in [1.807, 2.05) is 0 Å². The number of halogens is 1. The van der Waals surface area contributed by atoms with Gasteiger partial charge in [0, 0.05) is 6.54 Å². The summed E-state index contributed by atoms with van der Waals surface area (Å²) in [4.78, 5) is 15.9. The molecule has 1 amide bonds. The van der Waals surface area contributed by atoms with Crippen molar-refractivity contribution in [3.63, 3.8) is 0 Å². The molecule has 1 aliphatic rings. The molecule has 0 bridgehead atoms.